The van der Waals surface area contributed by atoms with Gasteiger partial charge in [-0.15, -0.1) is 0 Å². The van der Waals surface area contributed by atoms with Gasteiger partial charge in [0.2, 0.25) is 0 Å². The number of nitrogens with zero attached hydrogens (tertiary/aromatic N) is 2. The summed E-state index contributed by atoms with van der Waals surface area (Å²) in [7, 11) is 1.65. The molecular formula is C7H10FN3. The molecule has 0 aromatic carbocycles. The predicted octanol–water partition coefficient (Wildman–Crippen LogP) is 0.839. The van der Waals surface area contributed by atoms with Crippen LogP contribution in [0.2, 0.25) is 0 Å². The molecule has 0 aliphatic carbocycles. The summed E-state index contributed by atoms with van der Waals surface area (Å²) in [5.41, 5.74) is 0.361. The van der Waals surface area contributed by atoms with Gasteiger partial charge in [-0.2, -0.15) is 0 Å². The summed E-state index contributed by atoms with van der Waals surface area (Å²) in [6.45, 7) is 1.60. The van der Waals surface area contributed by atoms with Crippen LogP contribution in [-0.4, -0.2) is 12.0 Å². The molecule has 0 saturated heterocycles. The van der Waals surface area contributed by atoms with E-state index in [0.717, 1.165) is 0 Å². The quantitative estimate of drug-likeness (QED) is 0.482. The highest BCUT2D eigenvalue weighted by molar-refractivity contribution is 5.36. The molecule has 0 atom stereocenters. The lowest BCUT2D eigenvalue weighted by molar-refractivity contribution is 0.609. The third-order valence-corrected chi connectivity index (χ3v) is 1.37. The van der Waals surface area contributed by atoms with Crippen molar-refractivity contribution in [2.24, 2.45) is 5.84 Å². The minimum atomic E-state index is -0.310. The number of pyridine rings is 1. The fourth-order valence-corrected chi connectivity index (χ4v) is 0.727. The Bertz CT molecular complexity index is 260. The first-order chi connectivity index (χ1) is 5.11. The van der Waals surface area contributed by atoms with E-state index < -0.39 is 0 Å². The summed E-state index contributed by atoms with van der Waals surface area (Å²) in [4.78, 5) is 3.90. The molecule has 0 fully saturated rings. The van der Waals surface area contributed by atoms with Crippen molar-refractivity contribution in [3.8, 4) is 0 Å². The molecule has 4 heteroatoms. The molecule has 0 unspecified atom stereocenters. The third kappa shape index (κ3) is 1.65. The van der Waals surface area contributed by atoms with Gasteiger partial charge in [0.1, 0.15) is 11.6 Å². The number of hydrogen-bond acceptors (Lipinski definition) is 3. The normalized spacial score (nSPS) is 9.82. The van der Waals surface area contributed by atoms with Crippen molar-refractivity contribution in [2.75, 3.05) is 12.1 Å². The van der Waals surface area contributed by atoms with Gasteiger partial charge < -0.3 is 0 Å². The molecule has 2 N–H and O–H groups in total. The fraction of sp³-hybridized carbons (Fsp3) is 0.286. The number of aromatic nitrogens is 1. The molecule has 1 aromatic rings. The lowest BCUT2D eigenvalue weighted by Gasteiger charge is -2.10. The SMILES string of the molecule is Cc1nc(N(C)N)ccc1F. The van der Waals surface area contributed by atoms with Gasteiger partial charge in [0.15, 0.2) is 0 Å². The van der Waals surface area contributed by atoms with E-state index in [1.54, 1.807) is 14.0 Å². The molecular weight excluding hydrogens is 145 g/mol. The van der Waals surface area contributed by atoms with Crippen LogP contribution in [0.4, 0.5) is 10.2 Å². The first-order valence-electron chi connectivity index (χ1n) is 3.23. The number of aryl methyl sites for hydroxylation is 1. The average molecular weight is 155 g/mol. The fourth-order valence-electron chi connectivity index (χ4n) is 0.727. The van der Waals surface area contributed by atoms with Crippen LogP contribution in [0.1, 0.15) is 5.69 Å². The van der Waals surface area contributed by atoms with Crippen molar-refractivity contribution < 1.29 is 4.39 Å². The molecule has 0 radical (unpaired) electrons. The summed E-state index contributed by atoms with van der Waals surface area (Å²) in [5, 5.41) is 1.34. The molecule has 1 rings (SSSR count). The Hall–Kier alpha value is -1.16. The van der Waals surface area contributed by atoms with E-state index in [9.17, 15) is 4.39 Å². The van der Waals surface area contributed by atoms with Gasteiger partial charge in [0.25, 0.3) is 0 Å². The number of hydrogen-bond donors (Lipinski definition) is 1. The van der Waals surface area contributed by atoms with E-state index in [4.69, 9.17) is 5.84 Å². The van der Waals surface area contributed by atoms with Crippen molar-refractivity contribution in [3.05, 3.63) is 23.6 Å². The molecule has 0 aliphatic heterocycles. The van der Waals surface area contributed by atoms with Gasteiger partial charge in [-0.1, -0.05) is 0 Å². The van der Waals surface area contributed by atoms with Crippen LogP contribution in [0.3, 0.4) is 0 Å². The van der Waals surface area contributed by atoms with Gasteiger partial charge in [0.05, 0.1) is 5.69 Å². The minimum Gasteiger partial charge on any atom is -0.298 e. The zero-order valence-electron chi connectivity index (χ0n) is 6.50. The maximum absolute atomic E-state index is 12.6. The Morgan fingerprint density at radius 1 is 1.55 bits per heavy atom. The maximum atomic E-state index is 12.6. The Kier molecular flexibility index (Phi) is 2.05. The van der Waals surface area contributed by atoms with E-state index in [2.05, 4.69) is 4.98 Å². The molecule has 1 aromatic heterocycles. The highest BCUT2D eigenvalue weighted by Crippen LogP contribution is 2.09. The maximum Gasteiger partial charge on any atom is 0.144 e. The van der Waals surface area contributed by atoms with Crippen LogP contribution in [0.5, 0.6) is 0 Å². The van der Waals surface area contributed by atoms with Crippen LogP contribution in [0, 0.1) is 12.7 Å². The van der Waals surface area contributed by atoms with Crippen molar-refractivity contribution in [2.45, 2.75) is 6.92 Å². The lowest BCUT2D eigenvalue weighted by atomic mass is 10.3. The van der Waals surface area contributed by atoms with Gasteiger partial charge in [-0.05, 0) is 19.1 Å². The van der Waals surface area contributed by atoms with E-state index in [0.29, 0.717) is 11.5 Å². The Morgan fingerprint density at radius 3 is 2.64 bits per heavy atom. The highest BCUT2D eigenvalue weighted by atomic mass is 19.1. The summed E-state index contributed by atoms with van der Waals surface area (Å²) in [6.07, 6.45) is 0. The zero-order chi connectivity index (χ0) is 8.43. The summed E-state index contributed by atoms with van der Waals surface area (Å²) < 4.78 is 12.6. The van der Waals surface area contributed by atoms with Crippen LogP contribution >= 0.6 is 0 Å². The molecule has 60 valence electrons. The molecule has 1 heterocycles. The third-order valence-electron chi connectivity index (χ3n) is 1.37. The number of rotatable bonds is 1. The van der Waals surface area contributed by atoms with Gasteiger partial charge >= 0.3 is 0 Å². The van der Waals surface area contributed by atoms with E-state index >= 15 is 0 Å². The Balaban J connectivity index is 3.05. The zero-order valence-corrected chi connectivity index (χ0v) is 6.50. The topological polar surface area (TPSA) is 42.2 Å². The number of halogens is 1. The van der Waals surface area contributed by atoms with Crippen LogP contribution in [0.15, 0.2) is 12.1 Å². The first-order valence-corrected chi connectivity index (χ1v) is 3.23. The second-order valence-electron chi connectivity index (χ2n) is 2.35. The van der Waals surface area contributed by atoms with E-state index in [1.165, 1.54) is 17.1 Å². The Labute approximate surface area is 64.6 Å². The monoisotopic (exact) mass is 155 g/mol. The number of anilines is 1. The van der Waals surface area contributed by atoms with Crippen molar-refractivity contribution >= 4 is 5.82 Å². The van der Waals surface area contributed by atoms with Crippen LogP contribution in [0.25, 0.3) is 0 Å². The largest absolute Gasteiger partial charge is 0.298 e. The highest BCUT2D eigenvalue weighted by Gasteiger charge is 2.01. The van der Waals surface area contributed by atoms with Crippen LogP contribution < -0.4 is 10.9 Å². The smallest absolute Gasteiger partial charge is 0.144 e. The number of nitrogens with two attached hydrogens (primary N) is 1. The average Bonchev–Trinajstić information content (AvgIpc) is 1.94. The van der Waals surface area contributed by atoms with E-state index in [-0.39, 0.29) is 5.82 Å². The lowest BCUT2D eigenvalue weighted by Crippen LogP contribution is -2.26. The first kappa shape index (κ1) is 7.94. The summed E-state index contributed by atoms with van der Waals surface area (Å²) in [5.74, 6) is 5.63. The summed E-state index contributed by atoms with van der Waals surface area (Å²) in [6, 6.07) is 2.88. The molecule has 0 bridgehead atoms. The predicted molar refractivity (Wildman–Crippen MR) is 41.5 cm³/mol. The second kappa shape index (κ2) is 2.84. The second-order valence-corrected chi connectivity index (χ2v) is 2.35. The molecule has 11 heavy (non-hydrogen) atoms. The minimum absolute atomic E-state index is 0.310. The van der Waals surface area contributed by atoms with Gasteiger partial charge in [-0.25, -0.2) is 15.2 Å². The molecule has 0 saturated carbocycles. The Morgan fingerprint density at radius 2 is 2.18 bits per heavy atom. The van der Waals surface area contributed by atoms with Crippen LogP contribution in [-0.2, 0) is 0 Å². The van der Waals surface area contributed by atoms with Crippen molar-refractivity contribution in [1.29, 1.82) is 0 Å². The van der Waals surface area contributed by atoms with Crippen molar-refractivity contribution in [1.82, 2.24) is 4.98 Å². The van der Waals surface area contributed by atoms with Crippen molar-refractivity contribution in [3.63, 3.8) is 0 Å². The van der Waals surface area contributed by atoms with Gasteiger partial charge in [0, 0.05) is 7.05 Å². The number of hydrazine groups is 1. The van der Waals surface area contributed by atoms with Gasteiger partial charge in [-0.3, -0.25) is 5.01 Å². The summed E-state index contributed by atoms with van der Waals surface area (Å²) >= 11 is 0. The molecule has 0 spiro atoms. The molecule has 0 aliphatic rings. The standard InChI is InChI=1S/C7H10FN3/c1-5-6(8)3-4-7(10-5)11(2)9/h3-4H,9H2,1-2H3. The van der Waals surface area contributed by atoms with E-state index in [1.807, 2.05) is 0 Å². The molecule has 0 amide bonds. The molecule has 3 nitrogen and oxygen atoms in total.